The van der Waals surface area contributed by atoms with Crippen LogP contribution in [0.1, 0.15) is 39.4 Å². The fraction of sp³-hybridized carbons (Fsp3) is 0.320. The highest BCUT2D eigenvalue weighted by Gasteiger charge is 2.16. The van der Waals surface area contributed by atoms with E-state index in [0.717, 1.165) is 9.21 Å². The molecule has 3 aromatic rings. The number of amides is 1. The van der Waals surface area contributed by atoms with Gasteiger partial charge in [-0.25, -0.2) is 9.78 Å². The molecule has 0 aliphatic heterocycles. The Balaban J connectivity index is 1.78. The number of ether oxygens (including phenoxy) is 4. The van der Waals surface area contributed by atoms with E-state index in [1.54, 1.807) is 25.3 Å². The number of aromatic nitrogens is 1. The van der Waals surface area contributed by atoms with Crippen molar-refractivity contribution in [2.45, 2.75) is 32.5 Å². The second-order valence-electron chi connectivity index (χ2n) is 7.79. The Morgan fingerprint density at radius 1 is 1.00 bits per heavy atom. The highest BCUT2D eigenvalue weighted by Crippen LogP contribution is 2.28. The smallest absolute Gasteiger partial charge is 0.339 e. The Morgan fingerprint density at radius 2 is 1.71 bits per heavy atom. The zero-order valence-corrected chi connectivity index (χ0v) is 21.4. The highest BCUT2D eigenvalue weighted by atomic mass is 35.5. The molecule has 186 valence electrons. The third kappa shape index (κ3) is 7.95. The van der Waals surface area contributed by atoms with Crippen LogP contribution in [0.15, 0.2) is 48.7 Å². The maximum Gasteiger partial charge on any atom is 0.339 e. The molecular formula is C25H27ClN2O6S. The van der Waals surface area contributed by atoms with Gasteiger partial charge in [-0.1, -0.05) is 11.6 Å². The summed E-state index contributed by atoms with van der Waals surface area (Å²) in [6, 6.07) is 11.9. The largest absolute Gasteiger partial charge is 0.490 e. The molecule has 1 aromatic carbocycles. The lowest BCUT2D eigenvalue weighted by Crippen LogP contribution is -2.19. The number of anilines is 1. The summed E-state index contributed by atoms with van der Waals surface area (Å²) in [5, 5.41) is 2.72. The summed E-state index contributed by atoms with van der Waals surface area (Å²) in [5.74, 6) is 0.327. The Bertz CT molecular complexity index is 1150. The topological polar surface area (TPSA) is 96.0 Å². The van der Waals surface area contributed by atoms with Crippen LogP contribution in [0, 0.1) is 0 Å². The number of hydrogen-bond donors (Lipinski definition) is 1. The van der Waals surface area contributed by atoms with E-state index in [9.17, 15) is 9.59 Å². The SMILES string of the molecule is COC[C@H](C)Oc1cc(O[C@@H](C)Cc2ccc(Cl)s2)cc(C(=O)Nc2ccc(C(=O)OC)cn2)c1. The molecule has 0 radical (unpaired) electrons. The molecule has 0 saturated carbocycles. The monoisotopic (exact) mass is 518 g/mol. The molecule has 35 heavy (non-hydrogen) atoms. The molecule has 8 nitrogen and oxygen atoms in total. The van der Waals surface area contributed by atoms with Crippen LogP contribution in [0.4, 0.5) is 5.82 Å². The van der Waals surface area contributed by atoms with Crippen molar-refractivity contribution in [2.24, 2.45) is 0 Å². The second kappa shape index (κ2) is 12.5. The summed E-state index contributed by atoms with van der Waals surface area (Å²) in [6.07, 6.45) is 1.60. The molecule has 0 spiro atoms. The van der Waals surface area contributed by atoms with Gasteiger partial charge < -0.3 is 24.3 Å². The van der Waals surface area contributed by atoms with Crippen molar-refractivity contribution in [1.82, 2.24) is 4.98 Å². The number of benzene rings is 1. The first-order valence-corrected chi connectivity index (χ1v) is 12.0. The normalized spacial score (nSPS) is 12.5. The van der Waals surface area contributed by atoms with E-state index >= 15 is 0 Å². The number of thiophene rings is 1. The zero-order valence-electron chi connectivity index (χ0n) is 19.9. The molecule has 0 bridgehead atoms. The first kappa shape index (κ1) is 26.5. The number of halogens is 1. The standard InChI is InChI=1S/C25H27ClN2O6S/c1-15(9-21-6-7-22(26)35-21)33-19-10-18(11-20(12-19)34-16(2)14-31-3)24(29)28-23-8-5-17(13-27-23)25(30)32-4/h5-8,10-13,15-16H,9,14H2,1-4H3,(H,27,28,29)/t15-,16-/m0/s1. The average molecular weight is 519 g/mol. The third-order valence-electron chi connectivity index (χ3n) is 4.76. The van der Waals surface area contributed by atoms with Gasteiger partial charge in [-0.05, 0) is 50.2 Å². The van der Waals surface area contributed by atoms with E-state index in [2.05, 4.69) is 15.0 Å². The Kier molecular flexibility index (Phi) is 9.47. The Morgan fingerprint density at radius 3 is 2.29 bits per heavy atom. The molecule has 10 heteroatoms. The van der Waals surface area contributed by atoms with Crippen LogP contribution in [0.3, 0.4) is 0 Å². The predicted molar refractivity (Wildman–Crippen MR) is 135 cm³/mol. The number of hydrogen-bond acceptors (Lipinski definition) is 8. The Labute approximate surface area is 213 Å². The number of pyridine rings is 1. The average Bonchev–Trinajstić information content (AvgIpc) is 3.23. The maximum atomic E-state index is 13.0. The number of nitrogens with zero attached hydrogens (tertiary/aromatic N) is 1. The fourth-order valence-corrected chi connectivity index (χ4v) is 4.45. The Hall–Kier alpha value is -3.14. The van der Waals surface area contributed by atoms with E-state index < -0.39 is 11.9 Å². The van der Waals surface area contributed by atoms with Crippen molar-refractivity contribution < 1.29 is 28.5 Å². The first-order valence-electron chi connectivity index (χ1n) is 10.8. The third-order valence-corrected chi connectivity index (χ3v) is 6.02. The van der Waals surface area contributed by atoms with E-state index in [4.69, 9.17) is 25.8 Å². The van der Waals surface area contributed by atoms with Gasteiger partial charge in [0.25, 0.3) is 5.91 Å². The number of esters is 1. The van der Waals surface area contributed by atoms with Crippen LogP contribution < -0.4 is 14.8 Å². The van der Waals surface area contributed by atoms with Crippen molar-refractivity contribution in [3.05, 3.63) is 69.0 Å². The minimum absolute atomic E-state index is 0.167. The number of methoxy groups -OCH3 is 2. The van der Waals surface area contributed by atoms with Gasteiger partial charge in [0.05, 0.1) is 23.6 Å². The minimum atomic E-state index is -0.508. The first-order chi connectivity index (χ1) is 16.8. The van der Waals surface area contributed by atoms with Crippen molar-refractivity contribution >= 4 is 40.6 Å². The predicted octanol–water partition coefficient (Wildman–Crippen LogP) is 5.26. The molecule has 0 fully saturated rings. The molecule has 0 aliphatic carbocycles. The van der Waals surface area contributed by atoms with Gasteiger partial charge in [-0.3, -0.25) is 4.79 Å². The molecule has 0 unspecified atom stereocenters. The van der Waals surface area contributed by atoms with Crippen LogP contribution in [0.25, 0.3) is 0 Å². The van der Waals surface area contributed by atoms with E-state index in [-0.39, 0.29) is 23.6 Å². The maximum absolute atomic E-state index is 13.0. The van der Waals surface area contributed by atoms with E-state index in [1.807, 2.05) is 26.0 Å². The van der Waals surface area contributed by atoms with Gasteiger partial charge in [-0.2, -0.15) is 0 Å². The lowest BCUT2D eigenvalue weighted by molar-refractivity contribution is 0.0600. The van der Waals surface area contributed by atoms with Crippen LogP contribution in [-0.4, -0.2) is 49.9 Å². The molecule has 2 atom stereocenters. The summed E-state index contributed by atoms with van der Waals surface area (Å²) in [4.78, 5) is 29.8. The number of rotatable bonds is 11. The van der Waals surface area contributed by atoms with Crippen LogP contribution in [0.5, 0.6) is 11.5 Å². The van der Waals surface area contributed by atoms with E-state index in [1.165, 1.54) is 36.8 Å². The molecule has 1 amide bonds. The second-order valence-corrected chi connectivity index (χ2v) is 9.59. The number of nitrogens with one attached hydrogen (secondary N) is 1. The van der Waals surface area contributed by atoms with Crippen LogP contribution in [0.2, 0.25) is 4.34 Å². The van der Waals surface area contributed by atoms with E-state index in [0.29, 0.717) is 30.1 Å². The van der Waals surface area contributed by atoms with Gasteiger partial charge in [0.2, 0.25) is 0 Å². The van der Waals surface area contributed by atoms with Gasteiger partial charge in [0.1, 0.15) is 29.5 Å². The van der Waals surface area contributed by atoms with Gasteiger partial charge in [0.15, 0.2) is 0 Å². The fourth-order valence-electron chi connectivity index (χ4n) is 3.25. The summed E-state index contributed by atoms with van der Waals surface area (Å²) >= 11 is 7.53. The zero-order chi connectivity index (χ0) is 25.4. The van der Waals surface area contributed by atoms with Crippen LogP contribution in [-0.2, 0) is 15.9 Å². The number of carbonyl (C=O) groups is 2. The molecule has 1 N–H and O–H groups in total. The quantitative estimate of drug-likeness (QED) is 0.346. The van der Waals surface area contributed by atoms with Crippen molar-refractivity contribution in [1.29, 1.82) is 0 Å². The van der Waals surface area contributed by atoms with Crippen molar-refractivity contribution in [3.63, 3.8) is 0 Å². The summed E-state index contributed by atoms with van der Waals surface area (Å²) < 4.78 is 22.6. The lowest BCUT2D eigenvalue weighted by Gasteiger charge is -2.18. The summed E-state index contributed by atoms with van der Waals surface area (Å²) in [7, 11) is 2.88. The molecule has 0 saturated heterocycles. The lowest BCUT2D eigenvalue weighted by atomic mass is 10.1. The molecule has 2 aromatic heterocycles. The summed E-state index contributed by atoms with van der Waals surface area (Å²) in [5.41, 5.74) is 0.608. The molecular weight excluding hydrogens is 492 g/mol. The van der Waals surface area contributed by atoms with Gasteiger partial charge in [0, 0.05) is 36.2 Å². The van der Waals surface area contributed by atoms with Crippen molar-refractivity contribution in [2.75, 3.05) is 26.1 Å². The highest BCUT2D eigenvalue weighted by molar-refractivity contribution is 7.16. The minimum Gasteiger partial charge on any atom is -0.490 e. The molecule has 3 rings (SSSR count). The van der Waals surface area contributed by atoms with Gasteiger partial charge >= 0.3 is 5.97 Å². The van der Waals surface area contributed by atoms with Crippen LogP contribution >= 0.6 is 22.9 Å². The summed E-state index contributed by atoms with van der Waals surface area (Å²) in [6.45, 7) is 4.20. The van der Waals surface area contributed by atoms with Gasteiger partial charge in [-0.15, -0.1) is 11.3 Å². The van der Waals surface area contributed by atoms with Crippen molar-refractivity contribution in [3.8, 4) is 11.5 Å². The number of carbonyl (C=O) groups excluding carboxylic acids is 2. The molecule has 0 aliphatic rings. The molecule has 2 heterocycles.